The average Bonchev–Trinajstić information content (AvgIpc) is 2.11. The summed E-state index contributed by atoms with van der Waals surface area (Å²) in [5, 5.41) is 12.8. The molecule has 0 aromatic carbocycles. The van der Waals surface area contributed by atoms with E-state index in [4.69, 9.17) is 0 Å². The second-order valence-electron chi connectivity index (χ2n) is 4.62. The Morgan fingerprint density at radius 3 is 2.00 bits per heavy atom. The summed E-state index contributed by atoms with van der Waals surface area (Å²) in [5.74, 6) is -0.0172. The second-order valence-corrected chi connectivity index (χ2v) is 4.62. The maximum Gasteiger partial charge on any atom is 0.157 e. The monoisotopic (exact) mass is 182 g/mol. The predicted octanol–water partition coefficient (Wildman–Crippen LogP) is 1.87. The SMILES string of the molecule is CC(=O)C1=CC(C)(C)N([O-])C1(C)C. The Kier molecular flexibility index (Phi) is 2.13. The number of carbonyl (C=O) groups is 1. The van der Waals surface area contributed by atoms with Gasteiger partial charge in [0, 0.05) is 16.7 Å². The first-order valence-electron chi connectivity index (χ1n) is 4.41. The summed E-state index contributed by atoms with van der Waals surface area (Å²) in [4.78, 5) is 11.3. The van der Waals surface area contributed by atoms with E-state index < -0.39 is 11.1 Å². The quantitative estimate of drug-likeness (QED) is 0.621. The summed E-state index contributed by atoms with van der Waals surface area (Å²) in [6.07, 6.45) is 1.77. The number of nitrogens with zero attached hydrogens (tertiary/aromatic N) is 1. The van der Waals surface area contributed by atoms with Crippen LogP contribution in [0.4, 0.5) is 0 Å². The van der Waals surface area contributed by atoms with Gasteiger partial charge in [0.05, 0.1) is 0 Å². The minimum atomic E-state index is -0.685. The lowest BCUT2D eigenvalue weighted by molar-refractivity contribution is -0.114. The summed E-state index contributed by atoms with van der Waals surface area (Å²) in [6.45, 7) is 8.70. The Balaban J connectivity index is 3.17. The molecule has 0 saturated heterocycles. The van der Waals surface area contributed by atoms with E-state index in [0.717, 1.165) is 5.06 Å². The molecule has 3 nitrogen and oxygen atoms in total. The van der Waals surface area contributed by atoms with Crippen molar-refractivity contribution in [1.82, 2.24) is 5.06 Å². The molecule has 0 saturated carbocycles. The van der Waals surface area contributed by atoms with E-state index in [1.807, 2.05) is 13.8 Å². The number of hydroxylamine groups is 2. The van der Waals surface area contributed by atoms with Crippen molar-refractivity contribution in [3.8, 4) is 0 Å². The minimum absolute atomic E-state index is 0.0172. The van der Waals surface area contributed by atoms with E-state index in [9.17, 15) is 10.0 Å². The van der Waals surface area contributed by atoms with Crippen molar-refractivity contribution < 1.29 is 4.79 Å². The zero-order valence-corrected chi connectivity index (χ0v) is 8.84. The maximum absolute atomic E-state index is 11.8. The van der Waals surface area contributed by atoms with Gasteiger partial charge in [0.1, 0.15) is 0 Å². The molecule has 0 radical (unpaired) electrons. The molecule has 1 heterocycles. The summed E-state index contributed by atoms with van der Waals surface area (Å²) >= 11 is 0. The lowest BCUT2D eigenvalue weighted by Crippen LogP contribution is -2.46. The van der Waals surface area contributed by atoms with Crippen molar-refractivity contribution in [2.45, 2.75) is 45.7 Å². The molecule has 0 aliphatic carbocycles. The van der Waals surface area contributed by atoms with Gasteiger partial charge in [0.25, 0.3) is 0 Å². The molecular weight excluding hydrogens is 166 g/mol. The summed E-state index contributed by atoms with van der Waals surface area (Å²) in [5.41, 5.74) is -0.632. The molecule has 0 unspecified atom stereocenters. The van der Waals surface area contributed by atoms with Crippen LogP contribution in [-0.4, -0.2) is 21.9 Å². The third kappa shape index (κ3) is 1.42. The predicted molar refractivity (Wildman–Crippen MR) is 52.1 cm³/mol. The highest BCUT2D eigenvalue weighted by molar-refractivity contribution is 5.96. The molecule has 0 aromatic heterocycles. The fourth-order valence-electron chi connectivity index (χ4n) is 1.95. The van der Waals surface area contributed by atoms with E-state index in [0.29, 0.717) is 5.57 Å². The van der Waals surface area contributed by atoms with Crippen LogP contribution in [0.1, 0.15) is 34.6 Å². The van der Waals surface area contributed by atoms with Crippen LogP contribution in [0.15, 0.2) is 11.6 Å². The molecule has 1 aliphatic heterocycles. The van der Waals surface area contributed by atoms with Gasteiger partial charge in [-0.3, -0.25) is 4.79 Å². The van der Waals surface area contributed by atoms with E-state index in [-0.39, 0.29) is 5.78 Å². The Bertz CT molecular complexity index is 277. The van der Waals surface area contributed by atoms with Crippen LogP contribution < -0.4 is 0 Å². The summed E-state index contributed by atoms with van der Waals surface area (Å²) in [6, 6.07) is 0. The van der Waals surface area contributed by atoms with Gasteiger partial charge in [-0.25, -0.2) is 0 Å². The number of rotatable bonds is 1. The van der Waals surface area contributed by atoms with Gasteiger partial charge in [-0.05, 0) is 34.6 Å². The van der Waals surface area contributed by atoms with Crippen molar-refractivity contribution in [2.75, 3.05) is 0 Å². The van der Waals surface area contributed by atoms with Gasteiger partial charge in [0.2, 0.25) is 0 Å². The Morgan fingerprint density at radius 2 is 1.85 bits per heavy atom. The fourth-order valence-corrected chi connectivity index (χ4v) is 1.95. The highest BCUT2D eigenvalue weighted by Gasteiger charge is 2.41. The normalized spacial score (nSPS) is 25.8. The molecular formula is C10H16NO2-. The number of hydrogen-bond donors (Lipinski definition) is 0. The number of Topliss-reactive ketones (excluding diaryl/α,β-unsaturated/α-hetero) is 1. The van der Waals surface area contributed by atoms with Crippen LogP contribution in [0, 0.1) is 5.21 Å². The third-order valence-electron chi connectivity index (χ3n) is 2.57. The van der Waals surface area contributed by atoms with Crippen LogP contribution in [0.25, 0.3) is 0 Å². The summed E-state index contributed by atoms with van der Waals surface area (Å²) in [7, 11) is 0. The van der Waals surface area contributed by atoms with Crippen LogP contribution in [0.3, 0.4) is 0 Å². The first kappa shape index (κ1) is 10.4. The van der Waals surface area contributed by atoms with Gasteiger partial charge in [0.15, 0.2) is 5.78 Å². The van der Waals surface area contributed by atoms with E-state index in [1.54, 1.807) is 19.9 Å². The lowest BCUT2D eigenvalue weighted by Gasteiger charge is -2.47. The average molecular weight is 182 g/mol. The van der Waals surface area contributed by atoms with Crippen LogP contribution in [0.5, 0.6) is 0 Å². The highest BCUT2D eigenvalue weighted by Crippen LogP contribution is 2.39. The molecule has 13 heavy (non-hydrogen) atoms. The molecule has 0 spiro atoms. The molecule has 0 aromatic rings. The van der Waals surface area contributed by atoms with E-state index in [2.05, 4.69) is 0 Å². The van der Waals surface area contributed by atoms with Crippen LogP contribution in [-0.2, 0) is 4.79 Å². The molecule has 0 amide bonds. The molecule has 3 heteroatoms. The first-order valence-corrected chi connectivity index (χ1v) is 4.41. The van der Waals surface area contributed by atoms with Gasteiger partial charge in [-0.2, -0.15) is 0 Å². The van der Waals surface area contributed by atoms with Crippen molar-refractivity contribution in [3.63, 3.8) is 0 Å². The molecule has 0 fully saturated rings. The van der Waals surface area contributed by atoms with Crippen molar-refractivity contribution >= 4 is 5.78 Å². The smallest absolute Gasteiger partial charge is 0.157 e. The molecule has 1 rings (SSSR count). The van der Waals surface area contributed by atoms with Crippen LogP contribution >= 0.6 is 0 Å². The molecule has 0 atom stereocenters. The van der Waals surface area contributed by atoms with E-state index in [1.165, 1.54) is 6.92 Å². The van der Waals surface area contributed by atoms with Gasteiger partial charge in [-0.15, -0.1) is 0 Å². The topological polar surface area (TPSA) is 43.4 Å². The third-order valence-corrected chi connectivity index (χ3v) is 2.57. The fraction of sp³-hybridized carbons (Fsp3) is 0.700. The van der Waals surface area contributed by atoms with Crippen molar-refractivity contribution in [3.05, 3.63) is 16.9 Å². The van der Waals surface area contributed by atoms with E-state index >= 15 is 0 Å². The maximum atomic E-state index is 11.8. The summed E-state index contributed by atoms with van der Waals surface area (Å²) < 4.78 is 0. The lowest BCUT2D eigenvalue weighted by atomic mass is 9.94. The molecule has 0 bridgehead atoms. The number of carbonyl (C=O) groups excluding carboxylic acids is 1. The van der Waals surface area contributed by atoms with Gasteiger partial charge in [-0.1, -0.05) is 6.08 Å². The second kappa shape index (κ2) is 2.66. The zero-order chi connectivity index (χ0) is 10.4. The number of ketones is 1. The minimum Gasteiger partial charge on any atom is -0.784 e. The Labute approximate surface area is 79.0 Å². The highest BCUT2D eigenvalue weighted by atomic mass is 16.5. The molecule has 74 valence electrons. The van der Waals surface area contributed by atoms with Crippen molar-refractivity contribution in [1.29, 1.82) is 0 Å². The Hall–Kier alpha value is -0.670. The van der Waals surface area contributed by atoms with Gasteiger partial charge < -0.3 is 10.3 Å². The standard InChI is InChI=1S/C10H16NO2/c1-7(12)8-6-9(2,3)11(13)10(8,4)5/h6H,1-5H3/q-1. The molecule has 0 N–H and O–H groups in total. The Morgan fingerprint density at radius 1 is 1.38 bits per heavy atom. The zero-order valence-electron chi connectivity index (χ0n) is 8.84. The van der Waals surface area contributed by atoms with Crippen LogP contribution in [0.2, 0.25) is 0 Å². The largest absolute Gasteiger partial charge is 0.784 e. The van der Waals surface area contributed by atoms with Gasteiger partial charge >= 0.3 is 0 Å². The first-order chi connectivity index (χ1) is 5.69. The number of hydrogen-bond acceptors (Lipinski definition) is 3. The molecule has 1 aliphatic rings. The van der Waals surface area contributed by atoms with Crippen molar-refractivity contribution in [2.24, 2.45) is 0 Å².